The molecule has 5 rings (SSSR count). The zero-order valence-electron chi connectivity index (χ0n) is 21.4. The number of aliphatic hydroxyl groups excluding tert-OH is 2. The summed E-state index contributed by atoms with van der Waals surface area (Å²) in [5.74, 6) is 1.24. The number of aryl methyl sites for hydroxylation is 1. The van der Waals surface area contributed by atoms with Gasteiger partial charge in [-0.2, -0.15) is 0 Å². The lowest BCUT2D eigenvalue weighted by atomic mass is 9.78. The molecule has 6 unspecified atom stereocenters. The van der Waals surface area contributed by atoms with Crippen molar-refractivity contribution in [3.05, 3.63) is 47.5 Å². The minimum Gasteiger partial charge on any atom is -0.496 e. The number of esters is 1. The van der Waals surface area contributed by atoms with Gasteiger partial charge >= 0.3 is 5.97 Å². The molecule has 0 saturated carbocycles. The standard InChI is InChI=1S/C29H37NO6/c1-17(31)36-21-10-7-18-8-11-27(34-2)22(13-18)23-14-19(9-12-28(23)35-3)25-16-26(32)29(33)24-6-4-5-20(15-21)30(24)25/h8-9,11-14,20-21,24-26,29,32-33H,4-7,10,15-16H2,1-3H3. The molecule has 2 fully saturated rings. The number of methoxy groups -OCH3 is 2. The summed E-state index contributed by atoms with van der Waals surface area (Å²) in [5.41, 5.74) is 4.10. The van der Waals surface area contributed by atoms with E-state index in [9.17, 15) is 15.0 Å². The Bertz CT molecular complexity index is 1100. The van der Waals surface area contributed by atoms with Gasteiger partial charge in [0, 0.05) is 36.2 Å². The van der Waals surface area contributed by atoms with E-state index in [-0.39, 0.29) is 30.2 Å². The molecule has 2 N–H and O–H groups in total. The number of aliphatic hydroxyl groups is 2. The van der Waals surface area contributed by atoms with E-state index < -0.39 is 12.2 Å². The minimum atomic E-state index is -0.793. The van der Waals surface area contributed by atoms with Gasteiger partial charge in [-0.3, -0.25) is 9.69 Å². The number of benzene rings is 2. The van der Waals surface area contributed by atoms with Gasteiger partial charge in [-0.15, -0.1) is 0 Å². The first-order valence-corrected chi connectivity index (χ1v) is 13.1. The molecule has 3 aliphatic rings. The predicted molar refractivity (Wildman–Crippen MR) is 136 cm³/mol. The molecule has 4 bridgehead atoms. The molecule has 0 aliphatic carbocycles. The second kappa shape index (κ2) is 10.4. The van der Waals surface area contributed by atoms with E-state index in [1.165, 1.54) is 6.92 Å². The SMILES string of the molecule is COc1ccc2cc1-c1cc(ccc1OC)C1CC(O)C(O)C3CCCC(CC(OC(C)=O)CC2)N13. The summed E-state index contributed by atoms with van der Waals surface area (Å²) in [4.78, 5) is 14.4. The van der Waals surface area contributed by atoms with Crippen molar-refractivity contribution in [3.63, 3.8) is 0 Å². The number of rotatable bonds is 3. The molecule has 3 aliphatic heterocycles. The van der Waals surface area contributed by atoms with Gasteiger partial charge < -0.3 is 24.4 Å². The molecule has 2 aromatic rings. The fourth-order valence-corrected chi connectivity index (χ4v) is 6.61. The van der Waals surface area contributed by atoms with Gasteiger partial charge in [0.05, 0.1) is 26.4 Å². The van der Waals surface area contributed by atoms with E-state index in [4.69, 9.17) is 14.2 Å². The molecule has 0 spiro atoms. The smallest absolute Gasteiger partial charge is 0.302 e. The average molecular weight is 496 g/mol. The number of carbonyl (C=O) groups is 1. The fourth-order valence-electron chi connectivity index (χ4n) is 6.61. The molecule has 0 amide bonds. The Morgan fingerprint density at radius 1 is 0.944 bits per heavy atom. The highest BCUT2D eigenvalue weighted by atomic mass is 16.5. The molecule has 7 heteroatoms. The number of nitrogens with zero attached hydrogens (tertiary/aromatic N) is 1. The van der Waals surface area contributed by atoms with E-state index in [1.807, 2.05) is 12.1 Å². The highest BCUT2D eigenvalue weighted by molar-refractivity contribution is 5.77. The van der Waals surface area contributed by atoms with Crippen molar-refractivity contribution in [2.24, 2.45) is 0 Å². The third-order valence-electron chi connectivity index (χ3n) is 8.24. The van der Waals surface area contributed by atoms with Crippen LogP contribution in [0.4, 0.5) is 0 Å². The third-order valence-corrected chi connectivity index (χ3v) is 8.24. The second-order valence-electron chi connectivity index (χ2n) is 10.4. The lowest BCUT2D eigenvalue weighted by Gasteiger charge is -2.53. The number of fused-ring (bicyclic) bond motifs is 6. The lowest BCUT2D eigenvalue weighted by molar-refractivity contribution is -0.152. The van der Waals surface area contributed by atoms with Crippen LogP contribution in [-0.2, 0) is 16.0 Å². The normalized spacial score (nSPS) is 30.1. The number of hydrogen-bond donors (Lipinski definition) is 2. The van der Waals surface area contributed by atoms with Crippen molar-refractivity contribution in [3.8, 4) is 22.6 Å². The zero-order valence-corrected chi connectivity index (χ0v) is 21.4. The van der Waals surface area contributed by atoms with Crippen LogP contribution < -0.4 is 9.47 Å². The maximum atomic E-state index is 12.0. The van der Waals surface area contributed by atoms with Gasteiger partial charge in [0.15, 0.2) is 0 Å². The molecule has 7 nitrogen and oxygen atoms in total. The number of ether oxygens (including phenoxy) is 3. The van der Waals surface area contributed by atoms with Crippen molar-refractivity contribution in [1.82, 2.24) is 4.90 Å². The predicted octanol–water partition coefficient (Wildman–Crippen LogP) is 4.03. The van der Waals surface area contributed by atoms with E-state index in [1.54, 1.807) is 14.2 Å². The summed E-state index contributed by atoms with van der Waals surface area (Å²) in [6, 6.07) is 12.3. The molecular weight excluding hydrogens is 458 g/mol. The summed E-state index contributed by atoms with van der Waals surface area (Å²) in [5, 5.41) is 21.9. The van der Waals surface area contributed by atoms with E-state index in [2.05, 4.69) is 29.2 Å². The Kier molecular flexibility index (Phi) is 7.24. The van der Waals surface area contributed by atoms with E-state index in [0.29, 0.717) is 19.3 Å². The van der Waals surface area contributed by atoms with Gasteiger partial charge in [-0.1, -0.05) is 18.6 Å². The van der Waals surface area contributed by atoms with Crippen LogP contribution in [0.5, 0.6) is 11.5 Å². The lowest BCUT2D eigenvalue weighted by Crippen LogP contribution is -2.61. The first-order valence-electron chi connectivity index (χ1n) is 13.1. The van der Waals surface area contributed by atoms with Crippen molar-refractivity contribution >= 4 is 5.97 Å². The minimum absolute atomic E-state index is 0.0729. The maximum Gasteiger partial charge on any atom is 0.302 e. The summed E-state index contributed by atoms with van der Waals surface area (Å²) in [7, 11) is 3.34. The first-order chi connectivity index (χ1) is 17.4. The Morgan fingerprint density at radius 2 is 1.67 bits per heavy atom. The Labute approximate surface area is 213 Å². The largest absolute Gasteiger partial charge is 0.496 e. The summed E-state index contributed by atoms with van der Waals surface area (Å²) in [6.07, 6.45) is 3.60. The summed E-state index contributed by atoms with van der Waals surface area (Å²) in [6.45, 7) is 1.47. The Hall–Kier alpha value is -2.61. The maximum absolute atomic E-state index is 12.0. The van der Waals surface area contributed by atoms with Crippen LogP contribution in [0, 0.1) is 0 Å². The van der Waals surface area contributed by atoms with Crippen LogP contribution in [0.25, 0.3) is 11.1 Å². The fraction of sp³-hybridized carbons (Fsp3) is 0.552. The first kappa shape index (κ1) is 25.1. The molecule has 2 saturated heterocycles. The van der Waals surface area contributed by atoms with Gasteiger partial charge in [0.25, 0.3) is 0 Å². The van der Waals surface area contributed by atoms with E-state index >= 15 is 0 Å². The highest BCUT2D eigenvalue weighted by Gasteiger charge is 2.47. The van der Waals surface area contributed by atoms with Crippen molar-refractivity contribution in [2.75, 3.05) is 14.2 Å². The monoisotopic (exact) mass is 495 g/mol. The number of hydrogen-bond acceptors (Lipinski definition) is 7. The van der Waals surface area contributed by atoms with Crippen molar-refractivity contribution in [1.29, 1.82) is 0 Å². The topological polar surface area (TPSA) is 88.5 Å². The van der Waals surface area contributed by atoms with E-state index in [0.717, 1.165) is 59.4 Å². The molecular formula is C29H37NO6. The van der Waals surface area contributed by atoms with Crippen molar-refractivity contribution < 1.29 is 29.2 Å². The summed E-state index contributed by atoms with van der Waals surface area (Å²) >= 11 is 0. The average Bonchev–Trinajstić information content (AvgIpc) is 2.88. The third kappa shape index (κ3) is 4.72. The second-order valence-corrected chi connectivity index (χ2v) is 10.4. The van der Waals surface area contributed by atoms with Crippen LogP contribution in [0.1, 0.15) is 62.6 Å². The molecule has 2 aromatic carbocycles. The molecule has 6 atom stereocenters. The van der Waals surface area contributed by atoms with Crippen LogP contribution in [0.15, 0.2) is 36.4 Å². The molecule has 0 aromatic heterocycles. The van der Waals surface area contributed by atoms with Crippen molar-refractivity contribution in [2.45, 2.75) is 88.3 Å². The zero-order chi connectivity index (χ0) is 25.4. The number of piperidine rings is 2. The highest BCUT2D eigenvalue weighted by Crippen LogP contribution is 2.46. The van der Waals surface area contributed by atoms with Crippen LogP contribution in [0.3, 0.4) is 0 Å². The Balaban J connectivity index is 1.68. The quantitative estimate of drug-likeness (QED) is 0.622. The Morgan fingerprint density at radius 3 is 2.39 bits per heavy atom. The van der Waals surface area contributed by atoms with Gasteiger partial charge in [0.2, 0.25) is 0 Å². The van der Waals surface area contributed by atoms with Crippen LogP contribution >= 0.6 is 0 Å². The molecule has 3 heterocycles. The molecule has 0 radical (unpaired) electrons. The van der Waals surface area contributed by atoms with Crippen LogP contribution in [0.2, 0.25) is 0 Å². The number of carbonyl (C=O) groups excluding carboxylic acids is 1. The van der Waals surface area contributed by atoms with Gasteiger partial charge in [-0.05, 0) is 73.9 Å². The van der Waals surface area contributed by atoms with Gasteiger partial charge in [0.1, 0.15) is 17.6 Å². The van der Waals surface area contributed by atoms with Crippen LogP contribution in [-0.4, -0.2) is 65.7 Å². The summed E-state index contributed by atoms with van der Waals surface area (Å²) < 4.78 is 17.3. The molecule has 194 valence electrons. The molecule has 36 heavy (non-hydrogen) atoms. The van der Waals surface area contributed by atoms with Gasteiger partial charge in [-0.25, -0.2) is 0 Å².